The number of carbonyl (C=O) groups is 2. The second-order valence-corrected chi connectivity index (χ2v) is 2.59. The van der Waals surface area contributed by atoms with Gasteiger partial charge in [-0.3, -0.25) is 4.79 Å². The first-order valence-corrected chi connectivity index (χ1v) is 3.35. The van der Waals surface area contributed by atoms with Crippen molar-refractivity contribution in [3.05, 3.63) is 0 Å². The smallest absolute Gasteiger partial charge is 0.376 e. The van der Waals surface area contributed by atoms with Gasteiger partial charge < -0.3 is 10.4 Å². The van der Waals surface area contributed by atoms with Crippen LogP contribution < -0.4 is 5.32 Å². The number of aliphatic carboxylic acids is 1. The number of alkyl halides is 2. The summed E-state index contributed by atoms with van der Waals surface area (Å²) in [6.07, 6.45) is -0.161. The van der Waals surface area contributed by atoms with Crippen LogP contribution in [0.5, 0.6) is 0 Å². The van der Waals surface area contributed by atoms with Crippen molar-refractivity contribution in [2.75, 3.05) is 0 Å². The van der Waals surface area contributed by atoms with Crippen molar-refractivity contribution >= 4 is 11.9 Å². The predicted octanol–water partition coefficient (Wildman–Crippen LogP) is -0.0151. The Balaban J connectivity index is 2.70. The highest BCUT2D eigenvalue weighted by Crippen LogP contribution is 2.25. The Morgan fingerprint density at radius 1 is 1.67 bits per heavy atom. The fourth-order valence-corrected chi connectivity index (χ4v) is 1.04. The quantitative estimate of drug-likeness (QED) is 0.626. The molecule has 1 heterocycles. The fraction of sp³-hybridized carbons (Fsp3) is 0.667. The van der Waals surface area contributed by atoms with E-state index in [1.54, 1.807) is 0 Å². The van der Waals surface area contributed by atoms with Crippen LogP contribution in [0.3, 0.4) is 0 Å². The van der Waals surface area contributed by atoms with Crippen molar-refractivity contribution in [2.24, 2.45) is 0 Å². The van der Waals surface area contributed by atoms with E-state index in [4.69, 9.17) is 5.11 Å². The lowest BCUT2D eigenvalue weighted by molar-refractivity contribution is -0.168. The van der Waals surface area contributed by atoms with Gasteiger partial charge in [0.25, 0.3) is 0 Å². The summed E-state index contributed by atoms with van der Waals surface area (Å²) >= 11 is 0. The van der Waals surface area contributed by atoms with E-state index in [1.807, 2.05) is 5.32 Å². The molecule has 0 spiro atoms. The van der Waals surface area contributed by atoms with Gasteiger partial charge in [0, 0.05) is 6.42 Å². The summed E-state index contributed by atoms with van der Waals surface area (Å²) in [5.41, 5.74) is 0. The molecule has 0 aliphatic carbocycles. The Hall–Kier alpha value is -1.20. The highest BCUT2D eigenvalue weighted by molar-refractivity contribution is 5.82. The molecule has 12 heavy (non-hydrogen) atoms. The largest absolute Gasteiger partial charge is 0.477 e. The average molecular weight is 179 g/mol. The first-order valence-electron chi connectivity index (χ1n) is 3.35. The zero-order chi connectivity index (χ0) is 9.35. The lowest BCUT2D eigenvalue weighted by Crippen LogP contribution is -2.47. The van der Waals surface area contributed by atoms with E-state index in [9.17, 15) is 18.4 Å². The highest BCUT2D eigenvalue weighted by Gasteiger charge is 2.50. The van der Waals surface area contributed by atoms with Gasteiger partial charge in [-0.2, -0.15) is 8.78 Å². The Kier molecular flexibility index (Phi) is 1.99. The van der Waals surface area contributed by atoms with Crippen LogP contribution in [0.2, 0.25) is 0 Å². The SMILES string of the molecule is O=C1CCC(C(F)(F)C(=O)O)N1. The molecule has 1 atom stereocenters. The van der Waals surface area contributed by atoms with Gasteiger partial charge in [-0.05, 0) is 6.42 Å². The average Bonchev–Trinajstić information content (AvgIpc) is 2.35. The Morgan fingerprint density at radius 3 is 2.58 bits per heavy atom. The molecule has 1 saturated heterocycles. The molecule has 1 amide bonds. The molecule has 68 valence electrons. The number of carboxylic acids is 1. The Morgan fingerprint density at radius 2 is 2.25 bits per heavy atom. The van der Waals surface area contributed by atoms with E-state index in [1.165, 1.54) is 0 Å². The van der Waals surface area contributed by atoms with E-state index in [2.05, 4.69) is 0 Å². The molecule has 2 N–H and O–H groups in total. The first-order chi connectivity index (χ1) is 5.44. The van der Waals surface area contributed by atoms with Gasteiger partial charge >= 0.3 is 11.9 Å². The first kappa shape index (κ1) is 8.89. The number of amides is 1. The van der Waals surface area contributed by atoms with E-state index in [0.29, 0.717) is 0 Å². The van der Waals surface area contributed by atoms with Crippen molar-refractivity contribution in [3.63, 3.8) is 0 Å². The number of carbonyl (C=O) groups excluding carboxylic acids is 1. The summed E-state index contributed by atoms with van der Waals surface area (Å²) in [6.45, 7) is 0. The third-order valence-corrected chi connectivity index (χ3v) is 1.72. The molecular formula is C6H7F2NO3. The van der Waals surface area contributed by atoms with Crippen LogP contribution in [0.1, 0.15) is 12.8 Å². The van der Waals surface area contributed by atoms with Crippen LogP contribution in [0, 0.1) is 0 Å². The molecule has 1 rings (SSSR count). The molecule has 1 aliphatic heterocycles. The minimum absolute atomic E-state index is 0.0342. The van der Waals surface area contributed by atoms with Crippen LogP contribution in [-0.2, 0) is 9.59 Å². The van der Waals surface area contributed by atoms with Gasteiger partial charge in [0.15, 0.2) is 0 Å². The minimum atomic E-state index is -3.85. The van der Waals surface area contributed by atoms with Crippen LogP contribution in [0.4, 0.5) is 8.78 Å². The second kappa shape index (κ2) is 2.69. The summed E-state index contributed by atoms with van der Waals surface area (Å²) in [5, 5.41) is 9.99. The van der Waals surface area contributed by atoms with E-state index in [0.717, 1.165) is 0 Å². The van der Waals surface area contributed by atoms with Crippen molar-refractivity contribution in [1.82, 2.24) is 5.32 Å². The summed E-state index contributed by atoms with van der Waals surface area (Å²) < 4.78 is 25.2. The van der Waals surface area contributed by atoms with Crippen LogP contribution >= 0.6 is 0 Å². The monoisotopic (exact) mass is 179 g/mol. The minimum Gasteiger partial charge on any atom is -0.477 e. The fourth-order valence-electron chi connectivity index (χ4n) is 1.04. The van der Waals surface area contributed by atoms with Gasteiger partial charge in [-0.15, -0.1) is 0 Å². The van der Waals surface area contributed by atoms with Gasteiger partial charge in [0.05, 0.1) is 0 Å². The van der Waals surface area contributed by atoms with E-state index >= 15 is 0 Å². The lowest BCUT2D eigenvalue weighted by atomic mass is 10.1. The normalized spacial score (nSPS) is 23.8. The molecule has 1 fully saturated rings. The van der Waals surface area contributed by atoms with Gasteiger partial charge in [0.2, 0.25) is 5.91 Å². The number of halogens is 2. The molecule has 1 unspecified atom stereocenters. The van der Waals surface area contributed by atoms with Crippen molar-refractivity contribution in [3.8, 4) is 0 Å². The summed E-state index contributed by atoms with van der Waals surface area (Å²) in [7, 11) is 0. The molecular weight excluding hydrogens is 172 g/mol. The van der Waals surface area contributed by atoms with Crippen molar-refractivity contribution < 1.29 is 23.5 Å². The summed E-state index contributed by atoms with van der Waals surface area (Å²) in [4.78, 5) is 20.5. The Labute approximate surface area is 66.6 Å². The zero-order valence-corrected chi connectivity index (χ0v) is 6.01. The molecule has 0 aromatic carbocycles. The molecule has 0 radical (unpaired) electrons. The Bertz CT molecular complexity index is 229. The standard InChI is InChI=1S/C6H7F2NO3/c7-6(8,5(11)12)3-1-2-4(10)9-3/h3H,1-2H2,(H,9,10)(H,11,12). The van der Waals surface area contributed by atoms with Crippen molar-refractivity contribution in [1.29, 1.82) is 0 Å². The number of hydrogen-bond acceptors (Lipinski definition) is 2. The summed E-state index contributed by atoms with van der Waals surface area (Å²) in [5.74, 6) is -6.58. The number of carboxylic acid groups (broad SMARTS) is 1. The zero-order valence-electron chi connectivity index (χ0n) is 6.01. The molecule has 0 aromatic rings. The van der Waals surface area contributed by atoms with Crippen LogP contribution in [0.25, 0.3) is 0 Å². The maximum atomic E-state index is 12.6. The maximum absolute atomic E-state index is 12.6. The molecule has 6 heteroatoms. The lowest BCUT2D eigenvalue weighted by Gasteiger charge is -2.17. The summed E-state index contributed by atoms with van der Waals surface area (Å²) in [6, 6.07) is -1.55. The molecule has 0 aromatic heterocycles. The maximum Gasteiger partial charge on any atom is 0.376 e. The molecule has 1 aliphatic rings. The second-order valence-electron chi connectivity index (χ2n) is 2.59. The molecule has 0 saturated carbocycles. The van der Waals surface area contributed by atoms with E-state index in [-0.39, 0.29) is 12.8 Å². The van der Waals surface area contributed by atoms with Gasteiger partial charge in [0.1, 0.15) is 6.04 Å². The van der Waals surface area contributed by atoms with Crippen LogP contribution in [-0.4, -0.2) is 28.9 Å². The molecule has 0 bridgehead atoms. The van der Waals surface area contributed by atoms with Crippen LogP contribution in [0.15, 0.2) is 0 Å². The number of rotatable bonds is 2. The van der Waals surface area contributed by atoms with E-state index < -0.39 is 23.8 Å². The highest BCUT2D eigenvalue weighted by atomic mass is 19.3. The van der Waals surface area contributed by atoms with Gasteiger partial charge in [-0.25, -0.2) is 4.79 Å². The predicted molar refractivity (Wildman–Crippen MR) is 33.7 cm³/mol. The number of nitrogens with one attached hydrogen (secondary N) is 1. The van der Waals surface area contributed by atoms with Gasteiger partial charge in [-0.1, -0.05) is 0 Å². The molecule has 4 nitrogen and oxygen atoms in total. The topological polar surface area (TPSA) is 66.4 Å². The third kappa shape index (κ3) is 1.37. The van der Waals surface area contributed by atoms with Crippen molar-refractivity contribution in [2.45, 2.75) is 24.8 Å². The number of hydrogen-bond donors (Lipinski definition) is 2. The third-order valence-electron chi connectivity index (χ3n) is 1.72.